The molecule has 0 aliphatic rings. The average molecular weight is 318 g/mol. The van der Waals surface area contributed by atoms with Gasteiger partial charge in [-0.25, -0.2) is 8.78 Å². The Balaban J connectivity index is 3.23. The number of alkyl halides is 2. The Bertz CT molecular complexity index is 320. The van der Waals surface area contributed by atoms with Gasteiger partial charge in [-0.05, 0) is 22.6 Å². The molecule has 0 aliphatic heterocycles. The van der Waals surface area contributed by atoms with E-state index in [0.717, 1.165) is 6.20 Å². The standard InChI is InChI=1S/C7H6ClF2IN2/c8-5-3(7(9)10)2-13-4(1-12)6(5)11/h2,7H,1,12H2. The van der Waals surface area contributed by atoms with E-state index in [9.17, 15) is 8.78 Å². The molecule has 0 spiro atoms. The van der Waals surface area contributed by atoms with E-state index >= 15 is 0 Å². The molecule has 13 heavy (non-hydrogen) atoms. The Morgan fingerprint density at radius 2 is 2.23 bits per heavy atom. The van der Waals surface area contributed by atoms with Crippen molar-refractivity contribution < 1.29 is 8.78 Å². The van der Waals surface area contributed by atoms with Gasteiger partial charge in [0.2, 0.25) is 0 Å². The summed E-state index contributed by atoms with van der Waals surface area (Å²) in [5.41, 5.74) is 5.62. The largest absolute Gasteiger partial charge is 0.325 e. The quantitative estimate of drug-likeness (QED) is 0.852. The summed E-state index contributed by atoms with van der Waals surface area (Å²) >= 11 is 7.55. The Kier molecular flexibility index (Phi) is 3.81. The summed E-state index contributed by atoms with van der Waals surface area (Å²) in [5, 5.41) is 0.0473. The van der Waals surface area contributed by atoms with Crippen LogP contribution in [0.5, 0.6) is 0 Å². The van der Waals surface area contributed by atoms with Crippen LogP contribution in [0.3, 0.4) is 0 Å². The van der Waals surface area contributed by atoms with E-state index in [-0.39, 0.29) is 17.1 Å². The lowest BCUT2D eigenvalue weighted by atomic mass is 10.2. The van der Waals surface area contributed by atoms with Crippen LogP contribution in [-0.4, -0.2) is 4.98 Å². The molecule has 0 aliphatic carbocycles. The zero-order valence-corrected chi connectivity index (χ0v) is 9.31. The minimum Gasteiger partial charge on any atom is -0.325 e. The topological polar surface area (TPSA) is 38.9 Å². The SMILES string of the molecule is NCc1ncc(C(F)F)c(Cl)c1I. The second kappa shape index (κ2) is 4.47. The number of aromatic nitrogens is 1. The minimum atomic E-state index is -2.60. The molecule has 2 nitrogen and oxygen atoms in total. The molecule has 1 aromatic rings. The van der Waals surface area contributed by atoms with Crippen molar-refractivity contribution in [1.29, 1.82) is 0 Å². The molecule has 0 saturated carbocycles. The van der Waals surface area contributed by atoms with Crippen LogP contribution in [0.15, 0.2) is 6.20 Å². The third kappa shape index (κ3) is 2.26. The van der Waals surface area contributed by atoms with E-state index in [1.807, 2.05) is 22.6 Å². The number of hydrogen-bond donors (Lipinski definition) is 1. The summed E-state index contributed by atoms with van der Waals surface area (Å²) in [6.07, 6.45) is -1.53. The first kappa shape index (κ1) is 11.1. The zero-order chi connectivity index (χ0) is 10.0. The number of hydrogen-bond acceptors (Lipinski definition) is 2. The number of rotatable bonds is 2. The highest BCUT2D eigenvalue weighted by Gasteiger charge is 2.16. The van der Waals surface area contributed by atoms with Crippen molar-refractivity contribution in [1.82, 2.24) is 4.98 Å². The van der Waals surface area contributed by atoms with Crippen LogP contribution >= 0.6 is 34.2 Å². The second-order valence-corrected chi connectivity index (χ2v) is 3.75. The molecule has 0 unspecified atom stereocenters. The van der Waals surface area contributed by atoms with Gasteiger partial charge in [-0.1, -0.05) is 11.6 Å². The van der Waals surface area contributed by atoms with Crippen LogP contribution in [-0.2, 0) is 6.54 Å². The van der Waals surface area contributed by atoms with Crippen LogP contribution in [0.25, 0.3) is 0 Å². The lowest BCUT2D eigenvalue weighted by Crippen LogP contribution is -2.04. The number of nitrogens with two attached hydrogens (primary N) is 1. The first-order valence-electron chi connectivity index (χ1n) is 3.39. The number of nitrogens with zero attached hydrogens (tertiary/aromatic N) is 1. The number of halogens is 4. The summed E-state index contributed by atoms with van der Waals surface area (Å²) in [4.78, 5) is 3.78. The molecular weight excluding hydrogens is 312 g/mol. The highest BCUT2D eigenvalue weighted by molar-refractivity contribution is 14.1. The van der Waals surface area contributed by atoms with Crippen molar-refractivity contribution in [3.05, 3.63) is 26.0 Å². The van der Waals surface area contributed by atoms with Crippen LogP contribution in [0, 0.1) is 3.57 Å². The van der Waals surface area contributed by atoms with E-state index in [4.69, 9.17) is 17.3 Å². The van der Waals surface area contributed by atoms with Crippen LogP contribution in [0.4, 0.5) is 8.78 Å². The molecule has 6 heteroatoms. The van der Waals surface area contributed by atoms with E-state index in [0.29, 0.717) is 9.26 Å². The van der Waals surface area contributed by atoms with Gasteiger partial charge in [-0.2, -0.15) is 0 Å². The lowest BCUT2D eigenvalue weighted by Gasteiger charge is -2.07. The van der Waals surface area contributed by atoms with Crippen LogP contribution in [0.1, 0.15) is 17.7 Å². The Morgan fingerprint density at radius 3 is 2.69 bits per heavy atom. The maximum absolute atomic E-state index is 12.3. The van der Waals surface area contributed by atoms with Crippen LogP contribution in [0.2, 0.25) is 5.02 Å². The van der Waals surface area contributed by atoms with Gasteiger partial charge < -0.3 is 5.73 Å². The van der Waals surface area contributed by atoms with Gasteiger partial charge in [0.1, 0.15) is 0 Å². The van der Waals surface area contributed by atoms with E-state index in [1.54, 1.807) is 0 Å². The first-order chi connectivity index (χ1) is 6.07. The summed E-state index contributed by atoms with van der Waals surface area (Å²) in [6.45, 7) is 0.196. The van der Waals surface area contributed by atoms with E-state index < -0.39 is 6.43 Å². The Hall–Kier alpha value is -0.0100. The van der Waals surface area contributed by atoms with E-state index in [1.165, 1.54) is 0 Å². The molecule has 0 amide bonds. The van der Waals surface area contributed by atoms with Crippen molar-refractivity contribution in [2.24, 2.45) is 5.73 Å². The Morgan fingerprint density at radius 1 is 1.62 bits per heavy atom. The fourth-order valence-electron chi connectivity index (χ4n) is 0.809. The molecule has 0 aromatic carbocycles. The molecule has 0 bridgehead atoms. The fraction of sp³-hybridized carbons (Fsp3) is 0.286. The third-order valence-corrected chi connectivity index (χ3v) is 3.38. The van der Waals surface area contributed by atoms with Crippen molar-refractivity contribution >= 4 is 34.2 Å². The minimum absolute atomic E-state index is 0.0473. The molecule has 1 aromatic heterocycles. The highest BCUT2D eigenvalue weighted by Crippen LogP contribution is 2.31. The van der Waals surface area contributed by atoms with Gasteiger partial charge in [0.25, 0.3) is 6.43 Å². The van der Waals surface area contributed by atoms with Gasteiger partial charge in [-0.3, -0.25) is 4.98 Å². The summed E-state index contributed by atoms with van der Waals surface area (Å²) in [6, 6.07) is 0. The summed E-state index contributed by atoms with van der Waals surface area (Å²) in [7, 11) is 0. The predicted molar refractivity (Wildman–Crippen MR) is 54.8 cm³/mol. The number of pyridine rings is 1. The molecule has 72 valence electrons. The molecule has 0 atom stereocenters. The fourth-order valence-corrected chi connectivity index (χ4v) is 1.72. The van der Waals surface area contributed by atoms with Crippen molar-refractivity contribution in [2.75, 3.05) is 0 Å². The molecule has 0 radical (unpaired) electrons. The first-order valence-corrected chi connectivity index (χ1v) is 4.84. The van der Waals surface area contributed by atoms with Crippen molar-refractivity contribution in [3.8, 4) is 0 Å². The van der Waals surface area contributed by atoms with Gasteiger partial charge in [-0.15, -0.1) is 0 Å². The Labute approximate surface area is 92.6 Å². The normalized spacial score (nSPS) is 10.9. The maximum Gasteiger partial charge on any atom is 0.266 e. The lowest BCUT2D eigenvalue weighted by molar-refractivity contribution is 0.151. The smallest absolute Gasteiger partial charge is 0.266 e. The van der Waals surface area contributed by atoms with E-state index in [2.05, 4.69) is 4.98 Å². The van der Waals surface area contributed by atoms with Gasteiger partial charge in [0, 0.05) is 12.7 Å². The molecule has 0 saturated heterocycles. The van der Waals surface area contributed by atoms with Crippen LogP contribution < -0.4 is 5.73 Å². The van der Waals surface area contributed by atoms with Gasteiger partial charge in [0.05, 0.1) is 19.9 Å². The molecule has 1 heterocycles. The van der Waals surface area contributed by atoms with Crippen molar-refractivity contribution in [3.63, 3.8) is 0 Å². The summed E-state index contributed by atoms with van der Waals surface area (Å²) in [5.74, 6) is 0. The zero-order valence-electron chi connectivity index (χ0n) is 6.40. The molecule has 0 fully saturated rings. The molecule has 1 rings (SSSR count). The summed E-state index contributed by atoms with van der Waals surface area (Å²) < 4.78 is 25.1. The molecular formula is C7H6ClF2IN2. The second-order valence-electron chi connectivity index (χ2n) is 2.29. The van der Waals surface area contributed by atoms with Gasteiger partial charge in [0.15, 0.2) is 0 Å². The maximum atomic E-state index is 12.3. The van der Waals surface area contributed by atoms with Crippen molar-refractivity contribution in [2.45, 2.75) is 13.0 Å². The average Bonchev–Trinajstić information content (AvgIpc) is 2.09. The monoisotopic (exact) mass is 318 g/mol. The predicted octanol–water partition coefficient (Wildman–Crippen LogP) is 2.74. The van der Waals surface area contributed by atoms with Gasteiger partial charge >= 0.3 is 0 Å². The highest BCUT2D eigenvalue weighted by atomic mass is 127. The third-order valence-electron chi connectivity index (χ3n) is 1.49. The molecule has 2 N–H and O–H groups in total.